The van der Waals surface area contributed by atoms with E-state index in [1.54, 1.807) is 22.3 Å². The number of hydrogen-bond donors (Lipinski definition) is 0. The van der Waals surface area contributed by atoms with Gasteiger partial charge in [0, 0.05) is 18.3 Å². The molecular weight excluding hydrogens is 314 g/mol. The van der Waals surface area contributed by atoms with Gasteiger partial charge in [-0.05, 0) is 35.1 Å². The van der Waals surface area contributed by atoms with Crippen molar-refractivity contribution in [1.82, 2.24) is 0 Å². The van der Waals surface area contributed by atoms with Crippen LogP contribution in [-0.4, -0.2) is 31.7 Å². The van der Waals surface area contributed by atoms with Gasteiger partial charge in [0.05, 0.1) is 27.2 Å². The normalized spacial score (nSPS) is 18.8. The number of benzene rings is 2. The van der Waals surface area contributed by atoms with E-state index in [-0.39, 0.29) is 5.41 Å². The number of rotatable bonds is 0. The SMILES string of the molecule is CC.CC.C[N+]1(C)CCC2(CC1)c1ccccc1CCc1ccccc12. The Hall–Kier alpha value is -1.60. The second-order valence-corrected chi connectivity index (χ2v) is 7.78. The van der Waals surface area contributed by atoms with Gasteiger partial charge >= 0.3 is 0 Å². The standard InChI is InChI=1S/C21H26N.2C2H6/c1-22(2)15-13-21(14-16-22)19-9-5-3-7-17(19)11-12-18-8-4-6-10-20(18)21;2*1-2/h3-10H,11-16H2,1-2H3;2*1-2H3/q+1;;. The molecule has 4 rings (SSSR count). The van der Waals surface area contributed by atoms with Crippen LogP contribution in [0.3, 0.4) is 0 Å². The zero-order valence-corrected chi connectivity index (χ0v) is 17.8. The van der Waals surface area contributed by atoms with E-state index >= 15 is 0 Å². The maximum absolute atomic E-state index is 2.41. The Kier molecular flexibility index (Phi) is 7.06. The summed E-state index contributed by atoms with van der Waals surface area (Å²) in [7, 11) is 4.75. The fraction of sp³-hybridized carbons (Fsp3) is 0.520. The van der Waals surface area contributed by atoms with Crippen molar-refractivity contribution in [3.05, 3.63) is 70.8 Å². The van der Waals surface area contributed by atoms with E-state index in [9.17, 15) is 0 Å². The quantitative estimate of drug-likeness (QED) is 0.511. The van der Waals surface area contributed by atoms with Gasteiger partial charge in [0.25, 0.3) is 0 Å². The van der Waals surface area contributed by atoms with Crippen LogP contribution in [0.4, 0.5) is 0 Å². The van der Waals surface area contributed by atoms with Crippen molar-refractivity contribution in [3.8, 4) is 0 Å². The largest absolute Gasteiger partial charge is 0.328 e. The van der Waals surface area contributed by atoms with Crippen LogP contribution in [0.15, 0.2) is 48.5 Å². The lowest BCUT2D eigenvalue weighted by molar-refractivity contribution is -0.896. The average molecular weight is 353 g/mol. The molecule has 1 fully saturated rings. The molecule has 0 atom stereocenters. The van der Waals surface area contributed by atoms with Crippen LogP contribution in [0.2, 0.25) is 0 Å². The van der Waals surface area contributed by atoms with E-state index in [0.717, 1.165) is 4.48 Å². The second kappa shape index (κ2) is 8.86. The molecule has 0 bridgehead atoms. The molecule has 0 unspecified atom stereocenters. The minimum absolute atomic E-state index is 0.247. The molecule has 0 amide bonds. The highest BCUT2D eigenvalue weighted by atomic mass is 15.3. The zero-order chi connectivity index (χ0) is 19.2. The van der Waals surface area contributed by atoms with Crippen molar-refractivity contribution in [3.63, 3.8) is 0 Å². The number of piperidine rings is 1. The summed E-state index contributed by atoms with van der Waals surface area (Å²) in [5.41, 5.74) is 6.62. The summed E-state index contributed by atoms with van der Waals surface area (Å²) < 4.78 is 1.16. The molecular formula is C25H38N+. The van der Waals surface area contributed by atoms with Gasteiger partial charge in [-0.2, -0.15) is 0 Å². The monoisotopic (exact) mass is 352 g/mol. The van der Waals surface area contributed by atoms with E-state index in [2.05, 4.69) is 62.6 Å². The summed E-state index contributed by atoms with van der Waals surface area (Å²) in [6.07, 6.45) is 4.92. The first kappa shape index (κ1) is 20.7. The van der Waals surface area contributed by atoms with Gasteiger partial charge < -0.3 is 4.48 Å². The maximum atomic E-state index is 2.41. The fourth-order valence-corrected chi connectivity index (χ4v) is 4.59. The van der Waals surface area contributed by atoms with Gasteiger partial charge in [0.1, 0.15) is 0 Å². The Morgan fingerprint density at radius 3 is 1.46 bits per heavy atom. The molecule has 1 nitrogen and oxygen atoms in total. The molecule has 2 aromatic carbocycles. The molecule has 0 N–H and O–H groups in total. The third-order valence-corrected chi connectivity index (χ3v) is 6.02. The number of likely N-dealkylation sites (tertiary alicyclic amines) is 1. The minimum atomic E-state index is 0.247. The fourth-order valence-electron chi connectivity index (χ4n) is 4.59. The molecule has 26 heavy (non-hydrogen) atoms. The lowest BCUT2D eigenvalue weighted by Gasteiger charge is -2.46. The number of hydrogen-bond acceptors (Lipinski definition) is 0. The summed E-state index contributed by atoms with van der Waals surface area (Å²) in [5, 5.41) is 0. The third-order valence-electron chi connectivity index (χ3n) is 6.02. The van der Waals surface area contributed by atoms with E-state index in [0.29, 0.717) is 0 Å². The minimum Gasteiger partial charge on any atom is -0.328 e. The molecule has 1 spiro atoms. The highest BCUT2D eigenvalue weighted by molar-refractivity contribution is 5.50. The lowest BCUT2D eigenvalue weighted by Crippen LogP contribution is -2.51. The lowest BCUT2D eigenvalue weighted by atomic mass is 9.66. The summed E-state index contributed by atoms with van der Waals surface area (Å²) in [6, 6.07) is 18.4. The second-order valence-electron chi connectivity index (χ2n) is 7.78. The number of fused-ring (bicyclic) bond motifs is 4. The molecule has 1 aliphatic carbocycles. The molecule has 2 aromatic rings. The molecule has 1 saturated heterocycles. The first-order valence-corrected chi connectivity index (χ1v) is 10.6. The zero-order valence-electron chi connectivity index (χ0n) is 17.8. The van der Waals surface area contributed by atoms with Crippen LogP contribution in [-0.2, 0) is 18.3 Å². The molecule has 1 aliphatic heterocycles. The molecule has 0 radical (unpaired) electrons. The average Bonchev–Trinajstić information content (AvgIpc) is 2.83. The molecule has 2 aliphatic rings. The number of nitrogens with zero attached hydrogens (tertiary/aromatic N) is 1. The van der Waals surface area contributed by atoms with Gasteiger partial charge in [-0.1, -0.05) is 76.2 Å². The highest BCUT2D eigenvalue weighted by Crippen LogP contribution is 2.47. The van der Waals surface area contributed by atoms with Gasteiger partial charge in [-0.15, -0.1) is 0 Å². The predicted molar refractivity (Wildman–Crippen MR) is 115 cm³/mol. The van der Waals surface area contributed by atoms with Gasteiger partial charge in [0.2, 0.25) is 0 Å². The van der Waals surface area contributed by atoms with E-state index < -0.39 is 0 Å². The van der Waals surface area contributed by atoms with Gasteiger partial charge in [0.15, 0.2) is 0 Å². The summed E-state index contributed by atoms with van der Waals surface area (Å²) in [6.45, 7) is 10.5. The number of aryl methyl sites for hydroxylation is 2. The summed E-state index contributed by atoms with van der Waals surface area (Å²) >= 11 is 0. The Balaban J connectivity index is 0.000000570. The van der Waals surface area contributed by atoms with Crippen molar-refractivity contribution in [1.29, 1.82) is 0 Å². The van der Waals surface area contributed by atoms with Crippen LogP contribution in [0.5, 0.6) is 0 Å². The van der Waals surface area contributed by atoms with E-state index in [1.165, 1.54) is 38.8 Å². The smallest absolute Gasteiger partial charge is 0.0794 e. The van der Waals surface area contributed by atoms with Crippen LogP contribution < -0.4 is 0 Å². The van der Waals surface area contributed by atoms with Crippen molar-refractivity contribution in [2.45, 2.75) is 58.8 Å². The van der Waals surface area contributed by atoms with Crippen molar-refractivity contribution in [2.24, 2.45) is 0 Å². The van der Waals surface area contributed by atoms with Crippen molar-refractivity contribution >= 4 is 0 Å². The molecule has 0 aromatic heterocycles. The predicted octanol–water partition coefficient (Wildman–Crippen LogP) is 5.99. The molecule has 1 heterocycles. The summed E-state index contributed by atoms with van der Waals surface area (Å²) in [5.74, 6) is 0. The highest BCUT2D eigenvalue weighted by Gasteiger charge is 2.44. The topological polar surface area (TPSA) is 0 Å². The summed E-state index contributed by atoms with van der Waals surface area (Å²) in [4.78, 5) is 0. The maximum Gasteiger partial charge on any atom is 0.0794 e. The van der Waals surface area contributed by atoms with Gasteiger partial charge in [-0.3, -0.25) is 0 Å². The van der Waals surface area contributed by atoms with Crippen molar-refractivity contribution in [2.75, 3.05) is 27.2 Å². The van der Waals surface area contributed by atoms with Crippen LogP contribution in [0.1, 0.15) is 62.8 Å². The van der Waals surface area contributed by atoms with E-state index in [1.807, 2.05) is 27.7 Å². The van der Waals surface area contributed by atoms with Crippen molar-refractivity contribution < 1.29 is 4.48 Å². The van der Waals surface area contributed by atoms with Crippen LogP contribution >= 0.6 is 0 Å². The van der Waals surface area contributed by atoms with Crippen LogP contribution in [0, 0.1) is 0 Å². The van der Waals surface area contributed by atoms with E-state index in [4.69, 9.17) is 0 Å². The van der Waals surface area contributed by atoms with Crippen LogP contribution in [0.25, 0.3) is 0 Å². The Morgan fingerprint density at radius 1 is 0.654 bits per heavy atom. The molecule has 1 heteroatoms. The Morgan fingerprint density at radius 2 is 1.04 bits per heavy atom. The third kappa shape index (κ3) is 3.88. The first-order valence-electron chi connectivity index (χ1n) is 10.6. The molecule has 0 saturated carbocycles. The Bertz CT molecular complexity index is 639. The van der Waals surface area contributed by atoms with Gasteiger partial charge in [-0.25, -0.2) is 0 Å². The Labute approximate surface area is 161 Å². The first-order chi connectivity index (χ1) is 12.6. The number of quaternary nitrogens is 1. The molecule has 142 valence electrons.